The van der Waals surface area contributed by atoms with Crippen LogP contribution in [0.3, 0.4) is 0 Å². The molecule has 5 heteroatoms. The molecule has 0 aromatic heterocycles. The van der Waals surface area contributed by atoms with E-state index >= 15 is 0 Å². The van der Waals surface area contributed by atoms with Gasteiger partial charge in [0.05, 0.1) is 23.1 Å². The average molecular weight is 315 g/mol. The SMILES string of the molecule is Cc1cccc(OCCS(=O)(=O)Cc2cccc(C#N)c2)c1. The Morgan fingerprint density at radius 1 is 1.14 bits per heavy atom. The summed E-state index contributed by atoms with van der Waals surface area (Å²) >= 11 is 0. The molecular weight excluding hydrogens is 298 g/mol. The van der Waals surface area contributed by atoms with Crippen LogP contribution in [0.5, 0.6) is 5.75 Å². The third kappa shape index (κ3) is 4.90. The number of nitriles is 1. The molecule has 0 N–H and O–H groups in total. The minimum Gasteiger partial charge on any atom is -0.493 e. The maximum Gasteiger partial charge on any atom is 0.157 e. The first-order chi connectivity index (χ1) is 10.5. The maximum absolute atomic E-state index is 12.1. The first kappa shape index (κ1) is 16.1. The third-order valence-electron chi connectivity index (χ3n) is 3.10. The quantitative estimate of drug-likeness (QED) is 0.822. The molecule has 0 atom stereocenters. The summed E-state index contributed by atoms with van der Waals surface area (Å²) in [6, 6.07) is 16.1. The highest BCUT2D eigenvalue weighted by Gasteiger charge is 2.13. The molecule has 0 amide bonds. The highest BCUT2D eigenvalue weighted by atomic mass is 32.2. The number of hydrogen-bond acceptors (Lipinski definition) is 4. The van der Waals surface area contributed by atoms with Crippen molar-refractivity contribution in [3.63, 3.8) is 0 Å². The summed E-state index contributed by atoms with van der Waals surface area (Å²) in [4.78, 5) is 0. The zero-order chi connectivity index (χ0) is 16.0. The fourth-order valence-electron chi connectivity index (χ4n) is 2.05. The fourth-order valence-corrected chi connectivity index (χ4v) is 3.22. The van der Waals surface area contributed by atoms with Gasteiger partial charge < -0.3 is 4.74 Å². The number of rotatable bonds is 6. The Kier molecular flexibility index (Phi) is 5.18. The normalized spacial score (nSPS) is 10.9. The molecule has 2 aromatic carbocycles. The molecule has 0 radical (unpaired) electrons. The Hall–Kier alpha value is -2.32. The molecule has 0 bridgehead atoms. The molecule has 4 nitrogen and oxygen atoms in total. The molecule has 114 valence electrons. The lowest BCUT2D eigenvalue weighted by molar-refractivity contribution is 0.340. The molecule has 0 aliphatic rings. The van der Waals surface area contributed by atoms with Crippen LogP contribution in [0.4, 0.5) is 0 Å². The van der Waals surface area contributed by atoms with Gasteiger partial charge in [0.1, 0.15) is 12.4 Å². The van der Waals surface area contributed by atoms with Gasteiger partial charge in [-0.05, 0) is 42.3 Å². The molecule has 0 unspecified atom stereocenters. The van der Waals surface area contributed by atoms with Crippen LogP contribution in [-0.4, -0.2) is 20.8 Å². The Labute approximate surface area is 130 Å². The smallest absolute Gasteiger partial charge is 0.157 e. The van der Waals surface area contributed by atoms with Crippen LogP contribution in [0.2, 0.25) is 0 Å². The summed E-state index contributed by atoms with van der Waals surface area (Å²) in [7, 11) is -3.27. The van der Waals surface area contributed by atoms with Crippen molar-refractivity contribution in [1.82, 2.24) is 0 Å². The molecule has 0 saturated heterocycles. The Morgan fingerprint density at radius 3 is 2.64 bits per heavy atom. The van der Waals surface area contributed by atoms with Gasteiger partial charge in [-0.15, -0.1) is 0 Å². The van der Waals surface area contributed by atoms with Crippen LogP contribution in [0, 0.1) is 18.3 Å². The van der Waals surface area contributed by atoms with Crippen LogP contribution >= 0.6 is 0 Å². The van der Waals surface area contributed by atoms with E-state index in [0.29, 0.717) is 16.9 Å². The van der Waals surface area contributed by atoms with E-state index in [1.165, 1.54) is 0 Å². The molecule has 0 spiro atoms. The van der Waals surface area contributed by atoms with Crippen molar-refractivity contribution in [3.8, 4) is 11.8 Å². The molecule has 0 saturated carbocycles. The van der Waals surface area contributed by atoms with Gasteiger partial charge in [-0.25, -0.2) is 8.42 Å². The van der Waals surface area contributed by atoms with Gasteiger partial charge in [-0.2, -0.15) is 5.26 Å². The number of benzene rings is 2. The Morgan fingerprint density at radius 2 is 1.91 bits per heavy atom. The van der Waals surface area contributed by atoms with Crippen molar-refractivity contribution in [2.24, 2.45) is 0 Å². The van der Waals surface area contributed by atoms with Crippen LogP contribution in [0.15, 0.2) is 48.5 Å². The van der Waals surface area contributed by atoms with Gasteiger partial charge in [0.25, 0.3) is 0 Å². The second-order valence-corrected chi connectivity index (χ2v) is 7.25. The van der Waals surface area contributed by atoms with Gasteiger partial charge in [-0.1, -0.05) is 24.3 Å². The summed E-state index contributed by atoms with van der Waals surface area (Å²) in [6.45, 7) is 2.06. The van der Waals surface area contributed by atoms with E-state index in [0.717, 1.165) is 5.56 Å². The Balaban J connectivity index is 1.92. The number of sulfone groups is 1. The van der Waals surface area contributed by atoms with Crippen molar-refractivity contribution < 1.29 is 13.2 Å². The molecule has 0 heterocycles. The highest BCUT2D eigenvalue weighted by Crippen LogP contribution is 2.13. The summed E-state index contributed by atoms with van der Waals surface area (Å²) in [5.41, 5.74) is 2.15. The van der Waals surface area contributed by atoms with Crippen LogP contribution < -0.4 is 4.74 Å². The standard InChI is InChI=1S/C17H17NO3S/c1-14-4-2-7-17(10-14)21-8-9-22(19,20)13-16-6-3-5-15(11-16)12-18/h2-7,10-11H,8-9,13H2,1H3. The number of hydrogen-bond donors (Lipinski definition) is 0. The monoisotopic (exact) mass is 315 g/mol. The largest absolute Gasteiger partial charge is 0.493 e. The van der Waals surface area contributed by atoms with Crippen molar-refractivity contribution in [3.05, 3.63) is 65.2 Å². The van der Waals surface area contributed by atoms with Crippen LogP contribution in [0.1, 0.15) is 16.7 Å². The van der Waals surface area contributed by atoms with E-state index in [-0.39, 0.29) is 18.1 Å². The lowest BCUT2D eigenvalue weighted by Crippen LogP contribution is -2.16. The molecule has 0 aliphatic heterocycles. The summed E-state index contributed by atoms with van der Waals surface area (Å²) in [5.74, 6) is 0.527. The fraction of sp³-hybridized carbons (Fsp3) is 0.235. The van der Waals surface area contributed by atoms with Gasteiger partial charge in [0, 0.05) is 0 Å². The lowest BCUT2D eigenvalue weighted by Gasteiger charge is -2.08. The predicted molar refractivity (Wildman–Crippen MR) is 85.3 cm³/mol. The molecule has 2 rings (SSSR count). The number of aryl methyl sites for hydroxylation is 1. The van der Waals surface area contributed by atoms with E-state index in [9.17, 15) is 8.42 Å². The van der Waals surface area contributed by atoms with E-state index in [2.05, 4.69) is 0 Å². The molecule has 2 aromatic rings. The number of nitrogens with zero attached hydrogens (tertiary/aromatic N) is 1. The Bertz CT molecular complexity index is 792. The molecule has 22 heavy (non-hydrogen) atoms. The zero-order valence-electron chi connectivity index (χ0n) is 12.3. The minimum absolute atomic E-state index is 0.0578. The number of ether oxygens (including phenoxy) is 1. The second kappa shape index (κ2) is 7.10. The van der Waals surface area contributed by atoms with Crippen molar-refractivity contribution in [2.45, 2.75) is 12.7 Å². The van der Waals surface area contributed by atoms with Gasteiger partial charge in [0.15, 0.2) is 9.84 Å². The van der Waals surface area contributed by atoms with E-state index in [4.69, 9.17) is 10.00 Å². The van der Waals surface area contributed by atoms with Crippen molar-refractivity contribution in [1.29, 1.82) is 5.26 Å². The van der Waals surface area contributed by atoms with Crippen LogP contribution in [0.25, 0.3) is 0 Å². The average Bonchev–Trinajstić information content (AvgIpc) is 2.47. The topological polar surface area (TPSA) is 67.2 Å². The second-order valence-electron chi connectivity index (χ2n) is 5.07. The van der Waals surface area contributed by atoms with Gasteiger partial charge in [0.2, 0.25) is 0 Å². The van der Waals surface area contributed by atoms with Gasteiger partial charge >= 0.3 is 0 Å². The molecule has 0 fully saturated rings. The summed E-state index contributed by atoms with van der Waals surface area (Å²) < 4.78 is 29.7. The summed E-state index contributed by atoms with van der Waals surface area (Å²) in [5, 5.41) is 8.83. The first-order valence-corrected chi connectivity index (χ1v) is 8.69. The van der Waals surface area contributed by atoms with E-state index < -0.39 is 9.84 Å². The van der Waals surface area contributed by atoms with Crippen molar-refractivity contribution >= 4 is 9.84 Å². The maximum atomic E-state index is 12.1. The van der Waals surface area contributed by atoms with E-state index in [1.54, 1.807) is 30.3 Å². The van der Waals surface area contributed by atoms with Crippen LogP contribution in [-0.2, 0) is 15.6 Å². The van der Waals surface area contributed by atoms with Gasteiger partial charge in [-0.3, -0.25) is 0 Å². The molecule has 0 aliphatic carbocycles. The first-order valence-electron chi connectivity index (χ1n) is 6.87. The summed E-state index contributed by atoms with van der Waals surface area (Å²) in [6.07, 6.45) is 0. The predicted octanol–water partition coefficient (Wildman–Crippen LogP) is 2.86. The highest BCUT2D eigenvalue weighted by molar-refractivity contribution is 7.90. The zero-order valence-corrected chi connectivity index (χ0v) is 13.1. The lowest BCUT2D eigenvalue weighted by atomic mass is 10.2. The third-order valence-corrected chi connectivity index (χ3v) is 4.66. The minimum atomic E-state index is -3.27. The van der Waals surface area contributed by atoms with E-state index in [1.807, 2.05) is 31.2 Å². The van der Waals surface area contributed by atoms with Crippen molar-refractivity contribution in [2.75, 3.05) is 12.4 Å². The molecular formula is C17H17NO3S.